The molecule has 2 aromatic heterocycles. The third-order valence-corrected chi connectivity index (χ3v) is 5.42. The second-order valence-corrected chi connectivity index (χ2v) is 7.76. The van der Waals surface area contributed by atoms with Crippen LogP contribution in [0, 0.1) is 13.8 Å². The molecule has 0 unspecified atom stereocenters. The van der Waals surface area contributed by atoms with Gasteiger partial charge in [0.05, 0.1) is 23.3 Å². The van der Waals surface area contributed by atoms with Gasteiger partial charge in [-0.2, -0.15) is 13.2 Å². The van der Waals surface area contributed by atoms with Crippen molar-refractivity contribution >= 4 is 23.4 Å². The van der Waals surface area contributed by atoms with Gasteiger partial charge in [-0.15, -0.1) is 11.3 Å². The molecule has 3 aromatic rings. The fourth-order valence-corrected chi connectivity index (χ4v) is 3.49. The van der Waals surface area contributed by atoms with Gasteiger partial charge in [0, 0.05) is 29.6 Å². The van der Waals surface area contributed by atoms with Crippen molar-refractivity contribution in [1.29, 1.82) is 0 Å². The Labute approximate surface area is 177 Å². The van der Waals surface area contributed by atoms with Crippen LogP contribution in [0.15, 0.2) is 46.8 Å². The molecule has 0 radical (unpaired) electrons. The smallest absolute Gasteiger partial charge is 0.417 e. The van der Waals surface area contributed by atoms with Gasteiger partial charge in [-0.05, 0) is 56.5 Å². The molecule has 1 aromatic carbocycles. The molecule has 4 nitrogen and oxygen atoms in total. The number of hydrogen-bond donors (Lipinski definition) is 0. The molecule has 158 valence electrons. The molecular formula is C22H22F3N3OS. The van der Waals surface area contributed by atoms with Crippen molar-refractivity contribution in [3.63, 3.8) is 0 Å². The van der Waals surface area contributed by atoms with Crippen molar-refractivity contribution in [3.05, 3.63) is 58.6 Å². The highest BCUT2D eigenvalue weighted by Crippen LogP contribution is 2.41. The summed E-state index contributed by atoms with van der Waals surface area (Å²) in [4.78, 5) is 11.3. The zero-order chi connectivity index (χ0) is 21.9. The van der Waals surface area contributed by atoms with Crippen LogP contribution in [0.1, 0.15) is 23.7 Å². The van der Waals surface area contributed by atoms with Gasteiger partial charge in [0.15, 0.2) is 0 Å². The van der Waals surface area contributed by atoms with Gasteiger partial charge in [0.1, 0.15) is 5.75 Å². The predicted octanol–water partition coefficient (Wildman–Crippen LogP) is 6.85. The largest absolute Gasteiger partial charge is 0.439 e. The van der Waals surface area contributed by atoms with Gasteiger partial charge in [0.2, 0.25) is 5.88 Å². The Morgan fingerprint density at radius 2 is 1.97 bits per heavy atom. The lowest BCUT2D eigenvalue weighted by atomic mass is 10.1. The van der Waals surface area contributed by atoms with Crippen LogP contribution in [0.3, 0.4) is 0 Å². The van der Waals surface area contributed by atoms with Gasteiger partial charge < -0.3 is 9.64 Å². The number of hydrogen-bond acceptors (Lipinski definition) is 4. The fourth-order valence-electron chi connectivity index (χ4n) is 2.73. The fraction of sp³-hybridized carbons (Fsp3) is 0.273. The van der Waals surface area contributed by atoms with E-state index in [2.05, 4.69) is 9.98 Å². The van der Waals surface area contributed by atoms with E-state index >= 15 is 0 Å². The Bertz CT molecular complexity index is 1050. The van der Waals surface area contributed by atoms with E-state index in [1.807, 2.05) is 24.9 Å². The maximum atomic E-state index is 13.6. The Morgan fingerprint density at radius 3 is 2.60 bits per heavy atom. The molecule has 0 aliphatic carbocycles. The quantitative estimate of drug-likeness (QED) is 0.315. The molecule has 0 saturated carbocycles. The van der Waals surface area contributed by atoms with Crippen molar-refractivity contribution in [2.45, 2.75) is 26.9 Å². The van der Waals surface area contributed by atoms with Crippen molar-refractivity contribution < 1.29 is 17.9 Å². The summed E-state index contributed by atoms with van der Waals surface area (Å²) in [6.07, 6.45) is -2.79. The molecule has 0 aliphatic heterocycles. The van der Waals surface area contributed by atoms with E-state index in [0.29, 0.717) is 21.8 Å². The van der Waals surface area contributed by atoms with E-state index in [-0.39, 0.29) is 17.2 Å². The van der Waals surface area contributed by atoms with E-state index < -0.39 is 11.7 Å². The van der Waals surface area contributed by atoms with E-state index in [9.17, 15) is 13.2 Å². The molecule has 8 heteroatoms. The molecule has 0 saturated heterocycles. The van der Waals surface area contributed by atoms with Crippen LogP contribution < -0.4 is 4.74 Å². The van der Waals surface area contributed by atoms with E-state index in [1.165, 1.54) is 23.5 Å². The standard InChI is InChI=1S/C22H22F3N3OS/c1-5-28(4)13-26-19-11-14(2)21(27-15(19)3)29-16-8-9-17(20-7-6-10-30-20)18(12-16)22(23,24)25/h6-13H,5H2,1-4H3. The number of aliphatic imine (C=N–C) groups is 1. The minimum Gasteiger partial charge on any atom is -0.439 e. The van der Waals surface area contributed by atoms with Crippen molar-refractivity contribution in [3.8, 4) is 22.1 Å². The monoisotopic (exact) mass is 433 g/mol. The molecule has 0 aliphatic rings. The number of aryl methyl sites for hydroxylation is 2. The summed E-state index contributed by atoms with van der Waals surface area (Å²) in [5.41, 5.74) is 1.39. The van der Waals surface area contributed by atoms with Crippen LogP contribution in [0.5, 0.6) is 11.6 Å². The molecule has 0 spiro atoms. The number of ether oxygens (including phenoxy) is 1. The molecule has 3 rings (SSSR count). The number of alkyl halides is 3. The normalized spacial score (nSPS) is 11.8. The van der Waals surface area contributed by atoms with Crippen molar-refractivity contribution in [1.82, 2.24) is 9.88 Å². The molecule has 0 bridgehead atoms. The van der Waals surface area contributed by atoms with Gasteiger partial charge in [-0.1, -0.05) is 6.07 Å². The molecule has 0 N–H and O–H groups in total. The summed E-state index contributed by atoms with van der Waals surface area (Å²) in [6, 6.07) is 9.19. The van der Waals surface area contributed by atoms with Crippen LogP contribution in [0.25, 0.3) is 10.4 Å². The number of thiophene rings is 1. The summed E-state index contributed by atoms with van der Waals surface area (Å²) in [6.45, 7) is 6.40. The predicted molar refractivity (Wildman–Crippen MR) is 115 cm³/mol. The lowest BCUT2D eigenvalue weighted by Gasteiger charge is -2.15. The summed E-state index contributed by atoms with van der Waals surface area (Å²) >= 11 is 1.26. The van der Waals surface area contributed by atoms with E-state index in [1.54, 1.807) is 37.7 Å². The summed E-state index contributed by atoms with van der Waals surface area (Å²) < 4.78 is 46.7. The van der Waals surface area contributed by atoms with Crippen molar-refractivity contribution in [2.75, 3.05) is 13.6 Å². The van der Waals surface area contributed by atoms with Crippen molar-refractivity contribution in [2.24, 2.45) is 4.99 Å². The third-order valence-electron chi connectivity index (χ3n) is 4.52. The summed E-state index contributed by atoms with van der Waals surface area (Å²) in [7, 11) is 1.91. The average molecular weight is 433 g/mol. The molecule has 30 heavy (non-hydrogen) atoms. The van der Waals surface area contributed by atoms with Gasteiger partial charge in [-0.25, -0.2) is 9.98 Å². The zero-order valence-corrected chi connectivity index (χ0v) is 17.9. The van der Waals surface area contributed by atoms with Gasteiger partial charge in [0.25, 0.3) is 0 Å². The van der Waals surface area contributed by atoms with Gasteiger partial charge in [-0.3, -0.25) is 0 Å². The maximum Gasteiger partial charge on any atom is 0.417 e. The van der Waals surface area contributed by atoms with Crippen LogP contribution in [0.4, 0.5) is 18.9 Å². The van der Waals surface area contributed by atoms with Crippen LogP contribution in [-0.2, 0) is 6.18 Å². The highest BCUT2D eigenvalue weighted by atomic mass is 32.1. The molecule has 2 heterocycles. The topological polar surface area (TPSA) is 37.7 Å². The van der Waals surface area contributed by atoms with Crippen LogP contribution >= 0.6 is 11.3 Å². The number of aromatic nitrogens is 1. The first-order valence-corrected chi connectivity index (χ1v) is 10.2. The van der Waals surface area contributed by atoms with Gasteiger partial charge >= 0.3 is 6.18 Å². The minimum absolute atomic E-state index is 0.0830. The Hall–Kier alpha value is -2.87. The molecule has 0 fully saturated rings. The summed E-state index contributed by atoms with van der Waals surface area (Å²) in [5, 5.41) is 1.75. The Balaban J connectivity index is 1.93. The number of benzene rings is 1. The van der Waals surface area contributed by atoms with E-state index in [0.717, 1.165) is 12.6 Å². The summed E-state index contributed by atoms with van der Waals surface area (Å²) in [5.74, 6) is 0.340. The first-order chi connectivity index (χ1) is 14.2. The molecule has 0 amide bonds. The highest BCUT2D eigenvalue weighted by Gasteiger charge is 2.34. The maximum absolute atomic E-state index is 13.6. The molecular weight excluding hydrogens is 411 g/mol. The lowest BCUT2D eigenvalue weighted by molar-refractivity contribution is -0.137. The first kappa shape index (κ1) is 21.8. The number of pyridine rings is 1. The van der Waals surface area contributed by atoms with Crippen LogP contribution in [0.2, 0.25) is 0 Å². The zero-order valence-electron chi connectivity index (χ0n) is 17.1. The molecule has 0 atom stereocenters. The third kappa shape index (κ3) is 4.99. The van der Waals surface area contributed by atoms with E-state index in [4.69, 9.17) is 4.74 Å². The Kier molecular flexibility index (Phi) is 6.45. The second-order valence-electron chi connectivity index (χ2n) is 6.82. The minimum atomic E-state index is -4.50. The number of halogens is 3. The number of rotatable bonds is 6. The Morgan fingerprint density at radius 1 is 1.20 bits per heavy atom. The SMILES string of the molecule is CCN(C)C=Nc1cc(C)c(Oc2ccc(-c3cccs3)c(C(F)(F)F)c2)nc1C. The first-order valence-electron chi connectivity index (χ1n) is 9.34. The lowest BCUT2D eigenvalue weighted by Crippen LogP contribution is -2.14. The highest BCUT2D eigenvalue weighted by molar-refractivity contribution is 7.13. The average Bonchev–Trinajstić information content (AvgIpc) is 3.23. The van der Waals surface area contributed by atoms with Crippen LogP contribution in [-0.4, -0.2) is 29.8 Å². The second kappa shape index (κ2) is 8.87. The number of nitrogens with zero attached hydrogens (tertiary/aromatic N) is 3.